The third-order valence-corrected chi connectivity index (χ3v) is 3.10. The van der Waals surface area contributed by atoms with E-state index < -0.39 is 0 Å². The lowest BCUT2D eigenvalue weighted by molar-refractivity contribution is 0.0363. The van der Waals surface area contributed by atoms with E-state index in [1.807, 2.05) is 11.6 Å². The average molecular weight is 214 g/mol. The summed E-state index contributed by atoms with van der Waals surface area (Å²) in [5, 5.41) is 1.83. The van der Waals surface area contributed by atoms with Gasteiger partial charge in [0.25, 0.3) is 0 Å². The SMILES string of the molecule is O=c1sccn1CCN1CCOCC1. The van der Waals surface area contributed by atoms with Crippen LogP contribution >= 0.6 is 11.3 Å². The van der Waals surface area contributed by atoms with Gasteiger partial charge >= 0.3 is 4.87 Å². The van der Waals surface area contributed by atoms with Crippen molar-refractivity contribution in [1.29, 1.82) is 0 Å². The summed E-state index contributed by atoms with van der Waals surface area (Å²) < 4.78 is 7.02. The van der Waals surface area contributed by atoms with E-state index in [0.717, 1.165) is 39.4 Å². The third-order valence-electron chi connectivity index (χ3n) is 2.41. The molecule has 0 amide bonds. The summed E-state index contributed by atoms with van der Waals surface area (Å²) in [5.74, 6) is 0. The van der Waals surface area contributed by atoms with Gasteiger partial charge in [-0.05, 0) is 0 Å². The molecule has 0 saturated carbocycles. The van der Waals surface area contributed by atoms with E-state index in [1.54, 1.807) is 4.57 Å². The van der Waals surface area contributed by atoms with Crippen molar-refractivity contribution >= 4 is 11.3 Å². The van der Waals surface area contributed by atoms with Gasteiger partial charge in [0.05, 0.1) is 13.2 Å². The molecule has 1 aliphatic heterocycles. The fourth-order valence-electron chi connectivity index (χ4n) is 1.53. The van der Waals surface area contributed by atoms with E-state index in [1.165, 1.54) is 11.3 Å². The van der Waals surface area contributed by atoms with Crippen LogP contribution in [0.5, 0.6) is 0 Å². The molecule has 1 saturated heterocycles. The lowest BCUT2D eigenvalue weighted by atomic mass is 10.4. The van der Waals surface area contributed by atoms with Crippen LogP contribution in [0.25, 0.3) is 0 Å². The Morgan fingerprint density at radius 3 is 2.79 bits per heavy atom. The number of morpholine rings is 1. The molecule has 2 heterocycles. The molecule has 0 spiro atoms. The van der Waals surface area contributed by atoms with Gasteiger partial charge in [0.15, 0.2) is 0 Å². The van der Waals surface area contributed by atoms with E-state index in [0.29, 0.717) is 0 Å². The third kappa shape index (κ3) is 2.43. The fraction of sp³-hybridized carbons (Fsp3) is 0.667. The van der Waals surface area contributed by atoms with Crippen molar-refractivity contribution in [1.82, 2.24) is 9.47 Å². The highest BCUT2D eigenvalue weighted by Crippen LogP contribution is 1.97. The van der Waals surface area contributed by atoms with Gasteiger partial charge in [0.1, 0.15) is 0 Å². The number of hydrogen-bond acceptors (Lipinski definition) is 4. The van der Waals surface area contributed by atoms with Crippen LogP contribution in [-0.2, 0) is 11.3 Å². The fourth-order valence-corrected chi connectivity index (χ4v) is 2.14. The largest absolute Gasteiger partial charge is 0.379 e. The molecule has 1 fully saturated rings. The van der Waals surface area contributed by atoms with Crippen LogP contribution in [0.4, 0.5) is 0 Å². The van der Waals surface area contributed by atoms with Crippen LogP contribution in [-0.4, -0.2) is 42.3 Å². The van der Waals surface area contributed by atoms with Gasteiger partial charge in [-0.15, -0.1) is 0 Å². The maximum absolute atomic E-state index is 11.2. The molecule has 0 aromatic carbocycles. The van der Waals surface area contributed by atoms with Crippen LogP contribution in [0, 0.1) is 0 Å². The molecular formula is C9H14N2O2S. The van der Waals surface area contributed by atoms with Crippen LogP contribution in [0.3, 0.4) is 0 Å². The lowest BCUT2D eigenvalue weighted by Crippen LogP contribution is -2.38. The molecule has 1 aliphatic rings. The summed E-state index contributed by atoms with van der Waals surface area (Å²) in [6, 6.07) is 0. The zero-order chi connectivity index (χ0) is 9.80. The number of hydrogen-bond donors (Lipinski definition) is 0. The Balaban J connectivity index is 1.82. The second-order valence-corrected chi connectivity index (χ2v) is 4.17. The molecule has 0 bridgehead atoms. The first-order valence-electron chi connectivity index (χ1n) is 4.80. The highest BCUT2D eigenvalue weighted by atomic mass is 32.1. The number of rotatable bonds is 3. The van der Waals surface area contributed by atoms with Crippen LogP contribution < -0.4 is 4.87 Å². The van der Waals surface area contributed by atoms with Gasteiger partial charge in [-0.25, -0.2) is 0 Å². The Bertz CT molecular complexity index is 328. The van der Waals surface area contributed by atoms with Crippen LogP contribution in [0.15, 0.2) is 16.4 Å². The standard InChI is InChI=1S/C9H14N2O2S/c12-9-11(5-8-14-9)2-1-10-3-6-13-7-4-10/h5,8H,1-4,6-7H2. The molecule has 1 aromatic heterocycles. The predicted molar refractivity (Wildman–Crippen MR) is 55.8 cm³/mol. The molecule has 5 heteroatoms. The second-order valence-electron chi connectivity index (χ2n) is 3.32. The van der Waals surface area contributed by atoms with Crippen LogP contribution in [0.2, 0.25) is 0 Å². The summed E-state index contributed by atoms with van der Waals surface area (Å²) in [6.07, 6.45) is 1.85. The van der Waals surface area contributed by atoms with Crippen molar-refractivity contribution in [3.63, 3.8) is 0 Å². The van der Waals surface area contributed by atoms with Gasteiger partial charge in [0, 0.05) is 37.8 Å². The zero-order valence-electron chi connectivity index (χ0n) is 8.02. The molecule has 0 unspecified atom stereocenters. The maximum atomic E-state index is 11.2. The van der Waals surface area contributed by atoms with Gasteiger partial charge < -0.3 is 9.30 Å². The van der Waals surface area contributed by atoms with E-state index in [4.69, 9.17) is 4.74 Å². The molecule has 2 rings (SSSR count). The molecule has 14 heavy (non-hydrogen) atoms. The number of ether oxygens (including phenoxy) is 1. The smallest absolute Gasteiger partial charge is 0.307 e. The van der Waals surface area contributed by atoms with E-state index in [2.05, 4.69) is 4.90 Å². The molecule has 0 aliphatic carbocycles. The van der Waals surface area contributed by atoms with Gasteiger partial charge in [0.2, 0.25) is 0 Å². The van der Waals surface area contributed by atoms with Gasteiger partial charge in [-0.3, -0.25) is 9.69 Å². The Kier molecular flexibility index (Phi) is 3.34. The summed E-state index contributed by atoms with van der Waals surface area (Å²) in [6.45, 7) is 5.34. The first-order valence-corrected chi connectivity index (χ1v) is 5.68. The molecular weight excluding hydrogens is 200 g/mol. The summed E-state index contributed by atoms with van der Waals surface area (Å²) in [7, 11) is 0. The van der Waals surface area contributed by atoms with Gasteiger partial charge in [-0.1, -0.05) is 11.3 Å². The minimum absolute atomic E-state index is 0.137. The minimum atomic E-state index is 0.137. The first-order chi connectivity index (χ1) is 6.86. The summed E-state index contributed by atoms with van der Waals surface area (Å²) >= 11 is 1.26. The first kappa shape index (κ1) is 9.89. The molecule has 0 N–H and O–H groups in total. The normalized spacial score (nSPS) is 18.6. The molecule has 0 radical (unpaired) electrons. The van der Waals surface area contributed by atoms with Gasteiger partial charge in [-0.2, -0.15) is 0 Å². The predicted octanol–water partition coefficient (Wildman–Crippen LogP) is 0.242. The molecule has 1 aromatic rings. The summed E-state index contributed by atoms with van der Waals surface area (Å²) in [5.41, 5.74) is 0. The van der Waals surface area contributed by atoms with Crippen molar-refractivity contribution in [3.05, 3.63) is 21.2 Å². The number of aromatic nitrogens is 1. The molecule has 4 nitrogen and oxygen atoms in total. The zero-order valence-corrected chi connectivity index (χ0v) is 8.83. The highest BCUT2D eigenvalue weighted by Gasteiger charge is 2.09. The van der Waals surface area contributed by atoms with E-state index in [9.17, 15) is 4.79 Å². The Hall–Kier alpha value is -0.650. The summed E-state index contributed by atoms with van der Waals surface area (Å²) in [4.78, 5) is 13.7. The Labute approximate surface area is 86.7 Å². The number of thiazole rings is 1. The number of nitrogens with zero attached hydrogens (tertiary/aromatic N) is 2. The molecule has 0 atom stereocenters. The van der Waals surface area contributed by atoms with E-state index >= 15 is 0 Å². The monoisotopic (exact) mass is 214 g/mol. The van der Waals surface area contributed by atoms with Crippen molar-refractivity contribution < 1.29 is 4.74 Å². The lowest BCUT2D eigenvalue weighted by Gasteiger charge is -2.26. The quantitative estimate of drug-likeness (QED) is 0.723. The molecule has 78 valence electrons. The van der Waals surface area contributed by atoms with Crippen LogP contribution in [0.1, 0.15) is 0 Å². The van der Waals surface area contributed by atoms with Crippen molar-refractivity contribution in [3.8, 4) is 0 Å². The van der Waals surface area contributed by atoms with Crippen molar-refractivity contribution in [2.45, 2.75) is 6.54 Å². The minimum Gasteiger partial charge on any atom is -0.379 e. The Morgan fingerprint density at radius 2 is 2.14 bits per heavy atom. The Morgan fingerprint density at radius 1 is 1.36 bits per heavy atom. The topological polar surface area (TPSA) is 34.5 Å². The van der Waals surface area contributed by atoms with Crippen molar-refractivity contribution in [2.24, 2.45) is 0 Å². The van der Waals surface area contributed by atoms with Crippen molar-refractivity contribution in [2.75, 3.05) is 32.8 Å². The maximum Gasteiger partial charge on any atom is 0.307 e. The van der Waals surface area contributed by atoms with E-state index in [-0.39, 0.29) is 4.87 Å². The average Bonchev–Trinajstić information content (AvgIpc) is 2.63. The highest BCUT2D eigenvalue weighted by molar-refractivity contribution is 7.07. The second kappa shape index (κ2) is 4.72.